The lowest BCUT2D eigenvalue weighted by molar-refractivity contribution is -0.138. The molecule has 1 atom stereocenters. The van der Waals surface area contributed by atoms with Crippen LogP contribution in [0.1, 0.15) is 23.6 Å². The molecule has 0 saturated carbocycles. The van der Waals surface area contributed by atoms with Crippen molar-refractivity contribution >= 4 is 17.7 Å². The van der Waals surface area contributed by atoms with E-state index in [1.165, 1.54) is 23.1 Å². The zero-order valence-corrected chi connectivity index (χ0v) is 12.9. The molecular formula is C18H17FN2O3. The molecule has 1 aliphatic heterocycles. The van der Waals surface area contributed by atoms with E-state index in [0.29, 0.717) is 13.0 Å². The third-order valence-corrected chi connectivity index (χ3v) is 4.16. The Labute approximate surface area is 138 Å². The Morgan fingerprint density at radius 3 is 2.62 bits per heavy atom. The second kappa shape index (κ2) is 6.70. The highest BCUT2D eigenvalue weighted by Gasteiger charge is 2.32. The number of para-hydroxylation sites is 1. The predicted molar refractivity (Wildman–Crippen MR) is 87.3 cm³/mol. The van der Waals surface area contributed by atoms with E-state index in [2.05, 4.69) is 5.32 Å². The first-order valence-corrected chi connectivity index (χ1v) is 7.68. The van der Waals surface area contributed by atoms with Crippen LogP contribution in [0.5, 0.6) is 0 Å². The maximum Gasteiger partial charge on any atom is 0.322 e. The molecule has 1 aliphatic rings. The molecule has 0 fully saturated rings. The molecule has 2 N–H and O–H groups in total. The van der Waals surface area contributed by atoms with Gasteiger partial charge < -0.3 is 15.3 Å². The largest absolute Gasteiger partial charge is 0.481 e. The molecule has 24 heavy (non-hydrogen) atoms. The Balaban J connectivity index is 1.87. The van der Waals surface area contributed by atoms with Crippen LogP contribution in [0, 0.1) is 5.82 Å². The van der Waals surface area contributed by atoms with Crippen LogP contribution in [0.25, 0.3) is 0 Å². The van der Waals surface area contributed by atoms with Gasteiger partial charge in [-0.15, -0.1) is 0 Å². The topological polar surface area (TPSA) is 69.6 Å². The Hall–Kier alpha value is -2.89. The first-order valence-electron chi connectivity index (χ1n) is 7.68. The van der Waals surface area contributed by atoms with Gasteiger partial charge in [0.15, 0.2) is 0 Å². The first-order chi connectivity index (χ1) is 11.6. The zero-order valence-electron chi connectivity index (χ0n) is 12.9. The molecule has 2 amide bonds. The zero-order chi connectivity index (χ0) is 17.1. The minimum Gasteiger partial charge on any atom is -0.481 e. The van der Waals surface area contributed by atoms with E-state index in [0.717, 1.165) is 11.1 Å². The quantitative estimate of drug-likeness (QED) is 0.907. The first kappa shape index (κ1) is 16.0. The van der Waals surface area contributed by atoms with Gasteiger partial charge in [-0.2, -0.15) is 0 Å². The molecule has 0 radical (unpaired) electrons. The molecule has 0 bridgehead atoms. The normalized spacial score (nSPS) is 16.4. The highest BCUT2D eigenvalue weighted by molar-refractivity contribution is 5.90. The van der Waals surface area contributed by atoms with Gasteiger partial charge in [-0.1, -0.05) is 36.4 Å². The van der Waals surface area contributed by atoms with Gasteiger partial charge >= 0.3 is 12.0 Å². The number of halogens is 1. The van der Waals surface area contributed by atoms with Crippen LogP contribution < -0.4 is 5.32 Å². The molecule has 0 spiro atoms. The molecule has 0 saturated heterocycles. The van der Waals surface area contributed by atoms with Crippen molar-refractivity contribution in [1.29, 1.82) is 0 Å². The van der Waals surface area contributed by atoms with Crippen LogP contribution in [-0.4, -0.2) is 28.6 Å². The van der Waals surface area contributed by atoms with Gasteiger partial charge in [0.2, 0.25) is 0 Å². The Kier molecular flexibility index (Phi) is 4.46. The van der Waals surface area contributed by atoms with E-state index in [-0.39, 0.29) is 12.1 Å². The van der Waals surface area contributed by atoms with Crippen molar-refractivity contribution in [1.82, 2.24) is 4.90 Å². The van der Waals surface area contributed by atoms with E-state index in [1.807, 2.05) is 24.3 Å². The Morgan fingerprint density at radius 1 is 1.17 bits per heavy atom. The van der Waals surface area contributed by atoms with Crippen molar-refractivity contribution in [2.24, 2.45) is 0 Å². The lowest BCUT2D eigenvalue weighted by Gasteiger charge is -2.36. The average molecular weight is 328 g/mol. The summed E-state index contributed by atoms with van der Waals surface area (Å²) in [6.07, 6.45) is 0.443. The number of carboxylic acid groups (broad SMARTS) is 1. The standard InChI is InChI=1S/C18H17FN2O3/c19-14-7-3-4-8-15(14)20-18(24)21-10-9-12-5-1-2-6-13(12)16(21)11-17(22)23/h1-8,16H,9-11H2,(H,20,24)(H,22,23). The molecule has 5 nitrogen and oxygen atoms in total. The minimum atomic E-state index is -0.986. The Bertz CT molecular complexity index is 778. The fourth-order valence-corrected chi connectivity index (χ4v) is 3.03. The number of benzene rings is 2. The van der Waals surface area contributed by atoms with Gasteiger partial charge in [0.25, 0.3) is 0 Å². The van der Waals surface area contributed by atoms with E-state index in [1.54, 1.807) is 6.07 Å². The summed E-state index contributed by atoms with van der Waals surface area (Å²) >= 11 is 0. The van der Waals surface area contributed by atoms with Crippen LogP contribution in [-0.2, 0) is 11.2 Å². The molecule has 3 rings (SSSR count). The number of nitrogens with one attached hydrogen (secondary N) is 1. The van der Waals surface area contributed by atoms with Crippen molar-refractivity contribution in [2.75, 3.05) is 11.9 Å². The molecule has 0 aromatic heterocycles. The molecule has 0 aliphatic carbocycles. The molecule has 1 unspecified atom stereocenters. The minimum absolute atomic E-state index is 0.0791. The number of carbonyl (C=O) groups is 2. The van der Waals surface area contributed by atoms with E-state index >= 15 is 0 Å². The second-order valence-corrected chi connectivity index (χ2v) is 5.67. The number of amides is 2. The highest BCUT2D eigenvalue weighted by Crippen LogP contribution is 2.32. The highest BCUT2D eigenvalue weighted by atomic mass is 19.1. The predicted octanol–water partition coefficient (Wildman–Crippen LogP) is 3.43. The van der Waals surface area contributed by atoms with E-state index < -0.39 is 23.9 Å². The number of nitrogens with zero attached hydrogens (tertiary/aromatic N) is 1. The van der Waals surface area contributed by atoms with Gasteiger partial charge in [0.1, 0.15) is 5.82 Å². The van der Waals surface area contributed by atoms with Gasteiger partial charge in [-0.3, -0.25) is 4.79 Å². The molecule has 2 aromatic rings. The van der Waals surface area contributed by atoms with Crippen LogP contribution in [0.4, 0.5) is 14.9 Å². The lowest BCUT2D eigenvalue weighted by Crippen LogP contribution is -2.43. The third-order valence-electron chi connectivity index (χ3n) is 4.16. The van der Waals surface area contributed by atoms with Crippen molar-refractivity contribution in [3.63, 3.8) is 0 Å². The van der Waals surface area contributed by atoms with Gasteiger partial charge in [-0.25, -0.2) is 9.18 Å². The molecule has 1 heterocycles. The molecule has 124 valence electrons. The van der Waals surface area contributed by atoms with Crippen LogP contribution in [0.3, 0.4) is 0 Å². The monoisotopic (exact) mass is 328 g/mol. The summed E-state index contributed by atoms with van der Waals surface area (Å²) in [7, 11) is 0. The number of carbonyl (C=O) groups excluding carboxylic acids is 1. The summed E-state index contributed by atoms with van der Waals surface area (Å²) in [6, 6.07) is 12.3. The number of fused-ring (bicyclic) bond motifs is 1. The summed E-state index contributed by atoms with van der Waals surface area (Å²) < 4.78 is 13.7. The van der Waals surface area contributed by atoms with Crippen molar-refractivity contribution in [3.8, 4) is 0 Å². The number of hydrogen-bond acceptors (Lipinski definition) is 2. The fourth-order valence-electron chi connectivity index (χ4n) is 3.03. The summed E-state index contributed by atoms with van der Waals surface area (Å²) in [6.45, 7) is 0.384. The maximum absolute atomic E-state index is 13.7. The van der Waals surface area contributed by atoms with E-state index in [4.69, 9.17) is 0 Å². The van der Waals surface area contributed by atoms with Gasteiger partial charge in [0, 0.05) is 6.54 Å². The second-order valence-electron chi connectivity index (χ2n) is 5.67. The van der Waals surface area contributed by atoms with Crippen molar-refractivity contribution < 1.29 is 19.1 Å². The number of rotatable bonds is 3. The number of urea groups is 1. The van der Waals surface area contributed by atoms with Crippen molar-refractivity contribution in [2.45, 2.75) is 18.9 Å². The number of aliphatic carboxylic acids is 1. The average Bonchev–Trinajstić information content (AvgIpc) is 2.56. The molecule has 2 aromatic carbocycles. The lowest BCUT2D eigenvalue weighted by atomic mass is 9.91. The van der Waals surface area contributed by atoms with Crippen molar-refractivity contribution in [3.05, 3.63) is 65.5 Å². The summed E-state index contributed by atoms with van der Waals surface area (Å²) in [5.74, 6) is -1.52. The third kappa shape index (κ3) is 3.22. The van der Waals surface area contributed by atoms with Crippen LogP contribution in [0.2, 0.25) is 0 Å². The van der Waals surface area contributed by atoms with Gasteiger partial charge in [-0.05, 0) is 29.7 Å². The molecular weight excluding hydrogens is 311 g/mol. The van der Waals surface area contributed by atoms with Gasteiger partial charge in [0.05, 0.1) is 18.2 Å². The summed E-state index contributed by atoms with van der Waals surface area (Å²) in [5, 5.41) is 11.7. The number of anilines is 1. The van der Waals surface area contributed by atoms with Crippen LogP contribution in [0.15, 0.2) is 48.5 Å². The maximum atomic E-state index is 13.7. The summed E-state index contributed by atoms with van der Waals surface area (Å²) in [5.41, 5.74) is 1.95. The summed E-state index contributed by atoms with van der Waals surface area (Å²) in [4.78, 5) is 25.3. The number of hydrogen-bond donors (Lipinski definition) is 2. The fraction of sp³-hybridized carbons (Fsp3) is 0.222. The van der Waals surface area contributed by atoms with E-state index in [9.17, 15) is 19.1 Å². The smallest absolute Gasteiger partial charge is 0.322 e. The molecule has 6 heteroatoms. The SMILES string of the molecule is O=C(O)CC1c2ccccc2CCN1C(=O)Nc1ccccc1F. The van der Waals surface area contributed by atoms with Crippen LogP contribution >= 0.6 is 0 Å². The number of carboxylic acids is 1. The Morgan fingerprint density at radius 2 is 1.88 bits per heavy atom.